The van der Waals surface area contributed by atoms with Crippen molar-refractivity contribution in [1.82, 2.24) is 15.0 Å². The number of hydrogen-bond acceptors (Lipinski definition) is 5. The summed E-state index contributed by atoms with van der Waals surface area (Å²) < 4.78 is 5.41. The van der Waals surface area contributed by atoms with E-state index < -0.39 is 0 Å². The van der Waals surface area contributed by atoms with Gasteiger partial charge in [0.15, 0.2) is 5.82 Å². The van der Waals surface area contributed by atoms with E-state index in [4.69, 9.17) is 4.74 Å². The van der Waals surface area contributed by atoms with E-state index in [0.29, 0.717) is 17.4 Å². The van der Waals surface area contributed by atoms with Gasteiger partial charge in [-0.05, 0) is 12.1 Å². The zero-order valence-electron chi connectivity index (χ0n) is 9.12. The first kappa shape index (κ1) is 11.0. The molecule has 0 bridgehead atoms. The Morgan fingerprint density at radius 3 is 2.88 bits per heavy atom. The van der Waals surface area contributed by atoms with Gasteiger partial charge in [0.2, 0.25) is 11.8 Å². The van der Waals surface area contributed by atoms with Gasteiger partial charge in [-0.15, -0.1) is 0 Å². The number of pyridine rings is 1. The molecule has 0 aliphatic carbocycles. The van der Waals surface area contributed by atoms with Crippen LogP contribution in [0, 0.1) is 0 Å². The van der Waals surface area contributed by atoms with Gasteiger partial charge in [-0.3, -0.25) is 14.8 Å². The number of hydrogen-bond donors (Lipinski definition) is 1. The van der Waals surface area contributed by atoms with E-state index in [9.17, 15) is 4.79 Å². The van der Waals surface area contributed by atoms with E-state index in [-0.39, 0.29) is 5.91 Å². The Hall–Kier alpha value is -2.50. The van der Waals surface area contributed by atoms with Crippen LogP contribution in [0.3, 0.4) is 0 Å². The maximum absolute atomic E-state index is 10.9. The first-order chi connectivity index (χ1) is 8.24. The fourth-order valence-corrected chi connectivity index (χ4v) is 1.17. The topological polar surface area (TPSA) is 77.0 Å². The average Bonchev–Trinajstić information content (AvgIpc) is 2.30. The second kappa shape index (κ2) is 5.02. The minimum Gasteiger partial charge on any atom is -0.436 e. The Kier molecular flexibility index (Phi) is 3.25. The summed E-state index contributed by atoms with van der Waals surface area (Å²) in [5.74, 6) is 0.989. The first-order valence-electron chi connectivity index (χ1n) is 4.91. The Morgan fingerprint density at radius 1 is 1.29 bits per heavy atom. The zero-order valence-corrected chi connectivity index (χ0v) is 9.12. The van der Waals surface area contributed by atoms with Crippen LogP contribution < -0.4 is 10.1 Å². The fourth-order valence-electron chi connectivity index (χ4n) is 1.17. The molecule has 2 aromatic rings. The van der Waals surface area contributed by atoms with E-state index in [0.717, 1.165) is 0 Å². The van der Waals surface area contributed by atoms with E-state index in [1.807, 2.05) is 0 Å². The predicted molar refractivity (Wildman–Crippen MR) is 60.6 cm³/mol. The van der Waals surface area contributed by atoms with Crippen LogP contribution in [-0.4, -0.2) is 20.9 Å². The Balaban J connectivity index is 2.14. The Bertz CT molecular complexity index is 516. The second-order valence-electron chi connectivity index (χ2n) is 3.21. The lowest BCUT2D eigenvalue weighted by atomic mass is 10.5. The van der Waals surface area contributed by atoms with E-state index in [1.165, 1.54) is 19.3 Å². The number of nitrogens with one attached hydrogen (secondary N) is 1. The van der Waals surface area contributed by atoms with Crippen LogP contribution in [0.4, 0.5) is 5.82 Å². The molecule has 86 valence electrons. The average molecular weight is 230 g/mol. The van der Waals surface area contributed by atoms with Crippen LogP contribution in [0.15, 0.2) is 36.9 Å². The summed E-state index contributed by atoms with van der Waals surface area (Å²) in [6, 6.07) is 3.50. The molecule has 1 N–H and O–H groups in total. The molecule has 1 amide bonds. The van der Waals surface area contributed by atoms with Gasteiger partial charge in [0.1, 0.15) is 5.75 Å². The van der Waals surface area contributed by atoms with Gasteiger partial charge in [0.05, 0.1) is 18.6 Å². The number of aromatic nitrogens is 3. The SMILES string of the molecule is CC(=O)Nc1cncc(Oc2cccnc2)n1. The normalized spacial score (nSPS) is 9.71. The standard InChI is InChI=1S/C11H10N4O2/c1-8(16)14-10-6-13-7-11(15-10)17-9-3-2-4-12-5-9/h2-7H,1H3,(H,14,15,16). The minimum atomic E-state index is -0.210. The first-order valence-corrected chi connectivity index (χ1v) is 4.91. The van der Waals surface area contributed by atoms with Crippen molar-refractivity contribution in [1.29, 1.82) is 0 Å². The molecule has 0 aliphatic heterocycles. The third-order valence-corrected chi connectivity index (χ3v) is 1.77. The number of ether oxygens (including phenoxy) is 1. The highest BCUT2D eigenvalue weighted by Crippen LogP contribution is 2.17. The maximum Gasteiger partial charge on any atom is 0.239 e. The largest absolute Gasteiger partial charge is 0.436 e. The highest BCUT2D eigenvalue weighted by atomic mass is 16.5. The number of rotatable bonds is 3. The summed E-state index contributed by atoms with van der Waals surface area (Å²) >= 11 is 0. The molecule has 0 aromatic carbocycles. The highest BCUT2D eigenvalue weighted by Gasteiger charge is 2.02. The molecule has 0 aliphatic rings. The summed E-state index contributed by atoms with van der Waals surface area (Å²) in [5, 5.41) is 2.52. The quantitative estimate of drug-likeness (QED) is 0.866. The molecule has 6 nitrogen and oxygen atoms in total. The van der Waals surface area contributed by atoms with Crippen molar-refractivity contribution in [3.8, 4) is 11.6 Å². The van der Waals surface area contributed by atoms with Crippen molar-refractivity contribution in [2.75, 3.05) is 5.32 Å². The predicted octanol–water partition coefficient (Wildman–Crippen LogP) is 1.62. The van der Waals surface area contributed by atoms with Gasteiger partial charge in [-0.2, -0.15) is 4.98 Å². The van der Waals surface area contributed by atoms with Crippen molar-refractivity contribution in [3.05, 3.63) is 36.9 Å². The van der Waals surface area contributed by atoms with E-state index in [1.54, 1.807) is 24.5 Å². The van der Waals surface area contributed by atoms with Crippen molar-refractivity contribution in [3.63, 3.8) is 0 Å². The van der Waals surface area contributed by atoms with Crippen LogP contribution in [0.25, 0.3) is 0 Å². The lowest BCUT2D eigenvalue weighted by Gasteiger charge is -2.05. The molecule has 0 unspecified atom stereocenters. The van der Waals surface area contributed by atoms with Crippen LogP contribution in [0.5, 0.6) is 11.6 Å². The molecule has 2 aromatic heterocycles. The van der Waals surface area contributed by atoms with Gasteiger partial charge < -0.3 is 10.1 Å². The van der Waals surface area contributed by atoms with Crippen LogP contribution in [-0.2, 0) is 4.79 Å². The zero-order chi connectivity index (χ0) is 12.1. The molecule has 0 fully saturated rings. The van der Waals surface area contributed by atoms with Crippen LogP contribution in [0.1, 0.15) is 6.92 Å². The van der Waals surface area contributed by atoms with Crippen molar-refractivity contribution >= 4 is 11.7 Å². The third-order valence-electron chi connectivity index (χ3n) is 1.77. The Morgan fingerprint density at radius 2 is 2.18 bits per heavy atom. The molecule has 0 saturated heterocycles. The number of nitrogens with zero attached hydrogens (tertiary/aromatic N) is 3. The minimum absolute atomic E-state index is 0.210. The molecule has 6 heteroatoms. The molecular formula is C11H10N4O2. The summed E-state index contributed by atoms with van der Waals surface area (Å²) in [7, 11) is 0. The molecule has 0 atom stereocenters. The van der Waals surface area contributed by atoms with Crippen molar-refractivity contribution < 1.29 is 9.53 Å². The van der Waals surface area contributed by atoms with E-state index >= 15 is 0 Å². The van der Waals surface area contributed by atoms with Crippen LogP contribution >= 0.6 is 0 Å². The van der Waals surface area contributed by atoms with Crippen LogP contribution in [0.2, 0.25) is 0 Å². The number of carbonyl (C=O) groups is 1. The summed E-state index contributed by atoms with van der Waals surface area (Å²) in [5.41, 5.74) is 0. The lowest BCUT2D eigenvalue weighted by molar-refractivity contribution is -0.114. The van der Waals surface area contributed by atoms with Gasteiger partial charge >= 0.3 is 0 Å². The highest BCUT2D eigenvalue weighted by molar-refractivity contribution is 5.87. The molecule has 0 radical (unpaired) electrons. The van der Waals surface area contributed by atoms with Gasteiger partial charge in [0.25, 0.3) is 0 Å². The molecule has 0 saturated carbocycles. The maximum atomic E-state index is 10.9. The number of amides is 1. The number of anilines is 1. The smallest absolute Gasteiger partial charge is 0.239 e. The molecule has 17 heavy (non-hydrogen) atoms. The molecule has 2 rings (SSSR count). The van der Waals surface area contributed by atoms with Crippen molar-refractivity contribution in [2.24, 2.45) is 0 Å². The van der Waals surface area contributed by atoms with E-state index in [2.05, 4.69) is 20.3 Å². The molecular weight excluding hydrogens is 220 g/mol. The van der Waals surface area contributed by atoms with Gasteiger partial charge in [-0.25, -0.2) is 0 Å². The summed E-state index contributed by atoms with van der Waals surface area (Å²) in [6.45, 7) is 1.40. The van der Waals surface area contributed by atoms with Gasteiger partial charge in [-0.1, -0.05) is 0 Å². The number of carbonyl (C=O) groups excluding carboxylic acids is 1. The van der Waals surface area contributed by atoms with Crippen molar-refractivity contribution in [2.45, 2.75) is 6.92 Å². The molecule has 2 heterocycles. The summed E-state index contributed by atoms with van der Waals surface area (Å²) in [6.07, 6.45) is 6.11. The lowest BCUT2D eigenvalue weighted by Crippen LogP contribution is -2.08. The molecule has 0 spiro atoms. The third kappa shape index (κ3) is 3.23. The Labute approximate surface area is 97.7 Å². The monoisotopic (exact) mass is 230 g/mol. The fraction of sp³-hybridized carbons (Fsp3) is 0.0909. The summed E-state index contributed by atoms with van der Waals surface area (Å²) in [4.78, 5) is 22.7. The van der Waals surface area contributed by atoms with Gasteiger partial charge in [0, 0.05) is 13.1 Å². The second-order valence-corrected chi connectivity index (χ2v) is 3.21.